The van der Waals surface area contributed by atoms with Gasteiger partial charge >= 0.3 is 0 Å². The van der Waals surface area contributed by atoms with Gasteiger partial charge in [-0.15, -0.1) is 0 Å². The quantitative estimate of drug-likeness (QED) is 0.528. The third-order valence-electron chi connectivity index (χ3n) is 5.35. The normalized spacial score (nSPS) is 15.7. The van der Waals surface area contributed by atoms with Gasteiger partial charge in [-0.25, -0.2) is 4.39 Å². The maximum atomic E-state index is 13.8. The Morgan fingerprint density at radius 1 is 1.13 bits per heavy atom. The van der Waals surface area contributed by atoms with Gasteiger partial charge in [0, 0.05) is 13.2 Å². The molecule has 7 heteroatoms. The summed E-state index contributed by atoms with van der Waals surface area (Å²) in [6, 6.07) is 10.3. The molecule has 0 spiro atoms. The summed E-state index contributed by atoms with van der Waals surface area (Å²) >= 11 is 0. The van der Waals surface area contributed by atoms with E-state index in [2.05, 4.69) is 0 Å². The molecule has 162 valence electrons. The second-order valence-electron chi connectivity index (χ2n) is 7.76. The van der Waals surface area contributed by atoms with Crippen molar-refractivity contribution in [2.24, 2.45) is 0 Å². The first-order chi connectivity index (χ1) is 14.9. The Labute approximate surface area is 179 Å². The number of nitrogens with zero attached hydrogens (tertiary/aromatic N) is 1. The van der Waals surface area contributed by atoms with E-state index in [4.69, 9.17) is 13.9 Å². The molecule has 0 aliphatic carbocycles. The highest BCUT2D eigenvalue weighted by molar-refractivity contribution is 5.99. The number of methoxy groups -OCH3 is 1. The molecule has 1 aromatic heterocycles. The van der Waals surface area contributed by atoms with Crippen LogP contribution in [0, 0.1) is 5.82 Å². The zero-order valence-corrected chi connectivity index (χ0v) is 17.7. The number of carbonyl (C=O) groups excluding carboxylic acids is 1. The molecule has 31 heavy (non-hydrogen) atoms. The van der Waals surface area contributed by atoms with Crippen molar-refractivity contribution < 1.29 is 23.1 Å². The molecule has 0 N–H and O–H groups in total. The summed E-state index contributed by atoms with van der Waals surface area (Å²) in [6.07, 6.45) is 0.694. The molecule has 1 aliphatic heterocycles. The van der Waals surface area contributed by atoms with E-state index in [1.54, 1.807) is 24.1 Å². The van der Waals surface area contributed by atoms with Crippen LogP contribution in [0.2, 0.25) is 0 Å². The first kappa shape index (κ1) is 21.1. The molecule has 1 amide bonds. The maximum absolute atomic E-state index is 13.8. The van der Waals surface area contributed by atoms with E-state index in [1.165, 1.54) is 12.1 Å². The molecule has 1 aliphatic rings. The number of ether oxygens (including phenoxy) is 2. The van der Waals surface area contributed by atoms with E-state index >= 15 is 0 Å². The summed E-state index contributed by atoms with van der Waals surface area (Å²) in [6.45, 7) is 4.77. The molecule has 3 aromatic rings. The number of benzene rings is 2. The second-order valence-corrected chi connectivity index (χ2v) is 7.76. The molecule has 0 radical (unpaired) electrons. The third-order valence-corrected chi connectivity index (χ3v) is 5.35. The minimum atomic E-state index is -0.628. The van der Waals surface area contributed by atoms with Crippen LogP contribution in [0.15, 0.2) is 51.7 Å². The lowest BCUT2D eigenvalue weighted by Crippen LogP contribution is -2.31. The fourth-order valence-corrected chi connectivity index (χ4v) is 3.91. The summed E-state index contributed by atoms with van der Waals surface area (Å²) in [5.41, 5.74) is 0.779. The van der Waals surface area contributed by atoms with Crippen LogP contribution in [-0.4, -0.2) is 37.2 Å². The van der Waals surface area contributed by atoms with Crippen molar-refractivity contribution in [2.45, 2.75) is 32.4 Å². The third kappa shape index (κ3) is 3.93. The number of hydrogen-bond acceptors (Lipinski definition) is 5. The van der Waals surface area contributed by atoms with Crippen molar-refractivity contribution in [1.82, 2.24) is 4.90 Å². The van der Waals surface area contributed by atoms with Gasteiger partial charge in [-0.3, -0.25) is 9.59 Å². The SMILES string of the molecule is COc1ccc(C2c3c(oc4ccc(F)cc4c3=O)C(=O)N2CCCOC(C)C)cc1. The average Bonchev–Trinajstić information content (AvgIpc) is 3.04. The average molecular weight is 425 g/mol. The predicted octanol–water partition coefficient (Wildman–Crippen LogP) is 4.30. The minimum absolute atomic E-state index is 0.00899. The van der Waals surface area contributed by atoms with Crippen molar-refractivity contribution in [2.75, 3.05) is 20.3 Å². The van der Waals surface area contributed by atoms with Crippen molar-refractivity contribution in [1.29, 1.82) is 0 Å². The molecular formula is C24H24FNO5. The van der Waals surface area contributed by atoms with E-state index in [-0.39, 0.29) is 34.3 Å². The lowest BCUT2D eigenvalue weighted by Gasteiger charge is -2.25. The van der Waals surface area contributed by atoms with Gasteiger partial charge in [-0.1, -0.05) is 12.1 Å². The van der Waals surface area contributed by atoms with Crippen molar-refractivity contribution in [3.8, 4) is 5.75 Å². The number of hydrogen-bond donors (Lipinski definition) is 0. The van der Waals surface area contributed by atoms with Crippen molar-refractivity contribution in [3.63, 3.8) is 0 Å². The lowest BCUT2D eigenvalue weighted by atomic mass is 9.98. The molecule has 0 saturated carbocycles. The van der Waals surface area contributed by atoms with Crippen LogP contribution in [0.4, 0.5) is 4.39 Å². The summed E-state index contributed by atoms with van der Waals surface area (Å²) in [4.78, 5) is 28.2. The monoisotopic (exact) mass is 425 g/mol. The standard InChI is InChI=1S/C24H24FNO5/c1-14(2)30-12-4-11-26-21(15-5-8-17(29-3)9-6-15)20-22(27)18-13-16(25)7-10-19(18)31-23(20)24(26)28/h5-10,13-14,21H,4,11-12H2,1-3H3. The van der Waals surface area contributed by atoms with Gasteiger partial charge in [-0.05, 0) is 56.2 Å². The smallest absolute Gasteiger partial charge is 0.290 e. The number of carbonyl (C=O) groups is 1. The Balaban J connectivity index is 1.81. The van der Waals surface area contributed by atoms with Crippen LogP contribution < -0.4 is 10.2 Å². The molecule has 4 rings (SSSR count). The van der Waals surface area contributed by atoms with Gasteiger partial charge in [0.25, 0.3) is 5.91 Å². The molecular weight excluding hydrogens is 401 g/mol. The van der Waals surface area contributed by atoms with Gasteiger partial charge in [0.2, 0.25) is 5.76 Å². The van der Waals surface area contributed by atoms with Crippen LogP contribution in [-0.2, 0) is 4.74 Å². The minimum Gasteiger partial charge on any atom is -0.497 e. The van der Waals surface area contributed by atoms with E-state index < -0.39 is 17.3 Å². The highest BCUT2D eigenvalue weighted by Gasteiger charge is 2.42. The molecule has 2 aromatic carbocycles. The number of rotatable bonds is 7. The number of fused-ring (bicyclic) bond motifs is 2. The predicted molar refractivity (Wildman–Crippen MR) is 114 cm³/mol. The van der Waals surface area contributed by atoms with Gasteiger partial charge < -0.3 is 18.8 Å². The van der Waals surface area contributed by atoms with Crippen molar-refractivity contribution >= 4 is 16.9 Å². The molecule has 0 saturated heterocycles. The summed E-state index contributed by atoms with van der Waals surface area (Å²) in [5, 5.41) is 0.120. The van der Waals surface area contributed by atoms with Gasteiger partial charge in [0.15, 0.2) is 5.43 Å². The number of halogens is 1. The highest BCUT2D eigenvalue weighted by Crippen LogP contribution is 2.38. The Hall–Kier alpha value is -3.19. The first-order valence-corrected chi connectivity index (χ1v) is 10.2. The molecule has 1 atom stereocenters. The fourth-order valence-electron chi connectivity index (χ4n) is 3.91. The molecule has 0 fully saturated rings. The Kier molecular flexibility index (Phi) is 5.78. The summed E-state index contributed by atoms with van der Waals surface area (Å²) in [7, 11) is 1.57. The van der Waals surface area contributed by atoms with Crippen LogP contribution in [0.3, 0.4) is 0 Å². The van der Waals surface area contributed by atoms with Crippen LogP contribution in [0.1, 0.15) is 48.0 Å². The molecule has 1 unspecified atom stereocenters. The van der Waals surface area contributed by atoms with E-state index in [9.17, 15) is 14.0 Å². The molecule has 6 nitrogen and oxygen atoms in total. The second kappa shape index (κ2) is 8.51. The van der Waals surface area contributed by atoms with Gasteiger partial charge in [-0.2, -0.15) is 0 Å². The van der Waals surface area contributed by atoms with E-state index in [0.29, 0.717) is 25.3 Å². The van der Waals surface area contributed by atoms with Gasteiger partial charge in [0.1, 0.15) is 17.1 Å². The topological polar surface area (TPSA) is 69.0 Å². The Bertz CT molecular complexity index is 1170. The van der Waals surface area contributed by atoms with Crippen LogP contribution >= 0.6 is 0 Å². The van der Waals surface area contributed by atoms with E-state index in [0.717, 1.165) is 11.6 Å². The number of amides is 1. The molecule has 2 heterocycles. The van der Waals surface area contributed by atoms with E-state index in [1.807, 2.05) is 26.0 Å². The van der Waals surface area contributed by atoms with Crippen molar-refractivity contribution in [3.05, 3.63) is 75.4 Å². The largest absolute Gasteiger partial charge is 0.497 e. The van der Waals surface area contributed by atoms with Crippen LogP contribution in [0.25, 0.3) is 11.0 Å². The fraction of sp³-hybridized carbons (Fsp3) is 0.333. The van der Waals surface area contributed by atoms with Gasteiger partial charge in [0.05, 0.1) is 30.2 Å². The maximum Gasteiger partial charge on any atom is 0.290 e. The summed E-state index contributed by atoms with van der Waals surface area (Å²) < 4.78 is 30.5. The molecule has 0 bridgehead atoms. The highest BCUT2D eigenvalue weighted by atomic mass is 19.1. The summed E-state index contributed by atoms with van der Waals surface area (Å²) in [5.74, 6) is -0.219. The zero-order chi connectivity index (χ0) is 22.1. The zero-order valence-electron chi connectivity index (χ0n) is 17.7. The lowest BCUT2D eigenvalue weighted by molar-refractivity contribution is 0.0593. The Morgan fingerprint density at radius 3 is 2.55 bits per heavy atom. The first-order valence-electron chi connectivity index (χ1n) is 10.2. The Morgan fingerprint density at radius 2 is 1.87 bits per heavy atom. The van der Waals surface area contributed by atoms with Crippen LogP contribution in [0.5, 0.6) is 5.75 Å².